The van der Waals surface area contributed by atoms with Crippen LogP contribution in [-0.2, 0) is 0 Å². The average Bonchev–Trinajstić information content (AvgIpc) is 2.53. The van der Waals surface area contributed by atoms with E-state index in [1.54, 1.807) is 49.6 Å². The van der Waals surface area contributed by atoms with Gasteiger partial charge in [-0.25, -0.2) is 0 Å². The minimum atomic E-state index is -0.368. The van der Waals surface area contributed by atoms with Gasteiger partial charge in [0.05, 0.1) is 13.7 Å². The van der Waals surface area contributed by atoms with Gasteiger partial charge in [-0.2, -0.15) is 0 Å². The summed E-state index contributed by atoms with van der Waals surface area (Å²) in [6.07, 6.45) is 1.53. The van der Waals surface area contributed by atoms with Crippen LogP contribution in [0.15, 0.2) is 48.7 Å². The summed E-state index contributed by atoms with van der Waals surface area (Å²) < 4.78 is 5.02. The highest BCUT2D eigenvalue weighted by atomic mass is 16.5. The molecule has 2 aromatic rings. The molecule has 1 aromatic heterocycles. The molecule has 0 aliphatic heterocycles. The van der Waals surface area contributed by atoms with Crippen LogP contribution in [0.5, 0.6) is 5.75 Å². The minimum absolute atomic E-state index is 0.0677. The summed E-state index contributed by atoms with van der Waals surface area (Å²) in [5, 5.41) is 2.54. The van der Waals surface area contributed by atoms with Crippen LogP contribution in [0.25, 0.3) is 0 Å². The highest BCUT2D eigenvalue weighted by molar-refractivity contribution is 6.01. The van der Waals surface area contributed by atoms with E-state index < -0.39 is 0 Å². The number of pyridine rings is 1. The molecule has 5 heteroatoms. The Balaban J connectivity index is 1.93. The molecular formula is C15H14N2O3. The number of Topliss-reactive ketones (excluding diaryl/α,β-unsaturated/α-hetero) is 1. The summed E-state index contributed by atoms with van der Waals surface area (Å²) in [5.74, 6) is 0.142. The van der Waals surface area contributed by atoms with Crippen LogP contribution in [0.2, 0.25) is 0 Å². The highest BCUT2D eigenvalue weighted by Gasteiger charge is 2.10. The van der Waals surface area contributed by atoms with Crippen LogP contribution >= 0.6 is 0 Å². The maximum atomic E-state index is 11.9. The molecule has 20 heavy (non-hydrogen) atoms. The summed E-state index contributed by atoms with van der Waals surface area (Å²) in [4.78, 5) is 27.6. The molecule has 0 unspecified atom stereocenters. The number of hydrogen-bond acceptors (Lipinski definition) is 4. The molecule has 1 amide bonds. The summed E-state index contributed by atoms with van der Waals surface area (Å²) >= 11 is 0. The lowest BCUT2D eigenvalue weighted by Gasteiger charge is -2.05. The summed E-state index contributed by atoms with van der Waals surface area (Å²) in [7, 11) is 1.56. The first-order valence-electron chi connectivity index (χ1n) is 6.07. The van der Waals surface area contributed by atoms with Gasteiger partial charge in [0, 0.05) is 11.8 Å². The van der Waals surface area contributed by atoms with Gasteiger partial charge in [0.1, 0.15) is 11.4 Å². The van der Waals surface area contributed by atoms with Gasteiger partial charge < -0.3 is 10.1 Å². The van der Waals surface area contributed by atoms with E-state index in [-0.39, 0.29) is 23.9 Å². The van der Waals surface area contributed by atoms with Crippen molar-refractivity contribution in [2.24, 2.45) is 0 Å². The summed E-state index contributed by atoms with van der Waals surface area (Å²) in [6, 6.07) is 11.8. The van der Waals surface area contributed by atoms with E-state index in [1.165, 1.54) is 6.20 Å². The fourth-order valence-electron chi connectivity index (χ4n) is 1.63. The van der Waals surface area contributed by atoms with Crippen molar-refractivity contribution >= 4 is 11.7 Å². The maximum absolute atomic E-state index is 11.9. The Morgan fingerprint density at radius 1 is 1.15 bits per heavy atom. The Labute approximate surface area is 116 Å². The fourth-order valence-corrected chi connectivity index (χ4v) is 1.63. The zero-order valence-corrected chi connectivity index (χ0v) is 11.0. The lowest BCUT2D eigenvalue weighted by atomic mass is 10.1. The SMILES string of the molecule is COc1ccc(C(=O)CNC(=O)c2ccccn2)cc1. The number of amides is 1. The number of carbonyl (C=O) groups excluding carboxylic acids is 2. The van der Waals surface area contributed by atoms with Crippen molar-refractivity contribution < 1.29 is 14.3 Å². The lowest BCUT2D eigenvalue weighted by Crippen LogP contribution is -2.30. The standard InChI is InChI=1S/C15H14N2O3/c1-20-12-7-5-11(6-8-12)14(18)10-17-15(19)13-4-2-3-9-16-13/h2-9H,10H2,1H3,(H,17,19). The summed E-state index contributed by atoms with van der Waals surface area (Å²) in [5.41, 5.74) is 0.808. The second kappa shape index (κ2) is 6.47. The number of ether oxygens (including phenoxy) is 1. The first-order chi connectivity index (χ1) is 9.70. The Morgan fingerprint density at radius 3 is 2.50 bits per heavy atom. The number of methoxy groups -OCH3 is 1. The zero-order valence-electron chi connectivity index (χ0n) is 11.0. The molecule has 0 atom stereocenters. The van der Waals surface area contributed by atoms with Gasteiger partial charge in [-0.3, -0.25) is 14.6 Å². The number of carbonyl (C=O) groups is 2. The quantitative estimate of drug-likeness (QED) is 0.840. The second-order valence-electron chi connectivity index (χ2n) is 4.05. The van der Waals surface area contributed by atoms with E-state index >= 15 is 0 Å². The third-order valence-electron chi connectivity index (χ3n) is 2.72. The van der Waals surface area contributed by atoms with Gasteiger partial charge in [-0.05, 0) is 36.4 Å². The van der Waals surface area contributed by atoms with E-state index in [4.69, 9.17) is 4.74 Å². The van der Waals surface area contributed by atoms with Crippen molar-refractivity contribution in [1.82, 2.24) is 10.3 Å². The average molecular weight is 270 g/mol. The molecule has 0 bridgehead atoms. The van der Waals surface area contributed by atoms with Crippen molar-refractivity contribution in [3.8, 4) is 5.75 Å². The van der Waals surface area contributed by atoms with Gasteiger partial charge in [0.2, 0.25) is 0 Å². The van der Waals surface area contributed by atoms with Crippen LogP contribution in [0.4, 0.5) is 0 Å². The van der Waals surface area contributed by atoms with E-state index in [1.807, 2.05) is 0 Å². The van der Waals surface area contributed by atoms with Crippen LogP contribution in [0.3, 0.4) is 0 Å². The van der Waals surface area contributed by atoms with Crippen molar-refractivity contribution in [2.45, 2.75) is 0 Å². The Morgan fingerprint density at radius 2 is 1.90 bits per heavy atom. The van der Waals surface area contributed by atoms with Crippen molar-refractivity contribution in [2.75, 3.05) is 13.7 Å². The molecule has 1 N–H and O–H groups in total. The first kappa shape index (κ1) is 13.7. The third-order valence-corrected chi connectivity index (χ3v) is 2.72. The number of hydrogen-bond donors (Lipinski definition) is 1. The molecule has 2 rings (SSSR count). The van der Waals surface area contributed by atoms with Crippen molar-refractivity contribution in [1.29, 1.82) is 0 Å². The van der Waals surface area contributed by atoms with Gasteiger partial charge >= 0.3 is 0 Å². The van der Waals surface area contributed by atoms with E-state index in [9.17, 15) is 9.59 Å². The highest BCUT2D eigenvalue weighted by Crippen LogP contribution is 2.11. The number of nitrogens with one attached hydrogen (secondary N) is 1. The fraction of sp³-hybridized carbons (Fsp3) is 0.133. The monoisotopic (exact) mass is 270 g/mol. The minimum Gasteiger partial charge on any atom is -0.497 e. The third kappa shape index (κ3) is 3.41. The zero-order chi connectivity index (χ0) is 14.4. The van der Waals surface area contributed by atoms with E-state index in [0.29, 0.717) is 11.3 Å². The number of aromatic nitrogens is 1. The topological polar surface area (TPSA) is 68.3 Å². The Bertz CT molecular complexity index is 594. The lowest BCUT2D eigenvalue weighted by molar-refractivity contribution is 0.0901. The first-order valence-corrected chi connectivity index (χ1v) is 6.07. The molecule has 0 saturated heterocycles. The maximum Gasteiger partial charge on any atom is 0.270 e. The normalized spacial score (nSPS) is 9.85. The largest absolute Gasteiger partial charge is 0.497 e. The number of benzene rings is 1. The van der Waals surface area contributed by atoms with Crippen LogP contribution < -0.4 is 10.1 Å². The smallest absolute Gasteiger partial charge is 0.270 e. The van der Waals surface area contributed by atoms with Crippen molar-refractivity contribution in [3.63, 3.8) is 0 Å². The summed E-state index contributed by atoms with van der Waals surface area (Å²) in [6.45, 7) is -0.0677. The van der Waals surface area contributed by atoms with E-state index in [0.717, 1.165) is 0 Å². The van der Waals surface area contributed by atoms with Crippen molar-refractivity contribution in [3.05, 3.63) is 59.9 Å². The molecule has 1 aromatic carbocycles. The van der Waals surface area contributed by atoms with Gasteiger partial charge in [-0.1, -0.05) is 6.07 Å². The molecule has 0 radical (unpaired) electrons. The molecule has 0 aliphatic rings. The van der Waals surface area contributed by atoms with E-state index in [2.05, 4.69) is 10.3 Å². The van der Waals surface area contributed by atoms with Crippen LogP contribution in [0, 0.1) is 0 Å². The Kier molecular flexibility index (Phi) is 4.44. The molecule has 0 spiro atoms. The Hall–Kier alpha value is -2.69. The van der Waals surface area contributed by atoms with Gasteiger partial charge in [0.15, 0.2) is 5.78 Å². The predicted molar refractivity (Wildman–Crippen MR) is 73.9 cm³/mol. The molecule has 0 saturated carbocycles. The van der Waals surface area contributed by atoms with Crippen LogP contribution in [0.1, 0.15) is 20.8 Å². The molecule has 5 nitrogen and oxygen atoms in total. The number of ketones is 1. The number of rotatable bonds is 5. The van der Waals surface area contributed by atoms with Gasteiger partial charge in [-0.15, -0.1) is 0 Å². The van der Waals surface area contributed by atoms with Crippen LogP contribution in [-0.4, -0.2) is 30.3 Å². The molecule has 1 heterocycles. The van der Waals surface area contributed by atoms with Gasteiger partial charge in [0.25, 0.3) is 5.91 Å². The number of nitrogens with zero attached hydrogens (tertiary/aromatic N) is 1. The predicted octanol–water partition coefficient (Wildman–Crippen LogP) is 1.70. The molecular weight excluding hydrogens is 256 g/mol. The molecule has 102 valence electrons. The molecule has 0 aliphatic carbocycles. The molecule has 0 fully saturated rings. The second-order valence-corrected chi connectivity index (χ2v) is 4.05.